The third-order valence-electron chi connectivity index (χ3n) is 5.02. The number of benzene rings is 1. The van der Waals surface area contributed by atoms with Crippen LogP contribution in [-0.4, -0.2) is 40.9 Å². The summed E-state index contributed by atoms with van der Waals surface area (Å²) in [7, 11) is 1.10. The van der Waals surface area contributed by atoms with Crippen molar-refractivity contribution in [3.63, 3.8) is 0 Å². The molecule has 1 aliphatic rings. The second-order valence-electron chi connectivity index (χ2n) is 7.05. The smallest absolute Gasteiger partial charge is 0.191 e. The van der Waals surface area contributed by atoms with E-state index in [9.17, 15) is 4.21 Å². The molecular weight excluding hydrogens is 358 g/mol. The molecule has 1 aromatic carbocycles. The van der Waals surface area contributed by atoms with Crippen molar-refractivity contribution >= 4 is 16.8 Å². The molecule has 0 aromatic heterocycles. The fourth-order valence-electron chi connectivity index (χ4n) is 3.51. The number of hydrogen-bond donors (Lipinski definition) is 2. The first-order valence-electron chi connectivity index (χ1n) is 10.2. The van der Waals surface area contributed by atoms with Crippen LogP contribution in [0.2, 0.25) is 0 Å². The fraction of sp³-hybridized carbons (Fsp3) is 0.667. The van der Waals surface area contributed by atoms with E-state index in [1.54, 1.807) is 7.05 Å². The lowest BCUT2D eigenvalue weighted by Gasteiger charge is -2.30. The van der Waals surface area contributed by atoms with Crippen molar-refractivity contribution in [3.8, 4) is 0 Å². The molecule has 0 bridgehead atoms. The van der Waals surface area contributed by atoms with Crippen LogP contribution in [0.4, 0.5) is 0 Å². The van der Waals surface area contributed by atoms with Crippen LogP contribution >= 0.6 is 0 Å². The van der Waals surface area contributed by atoms with Gasteiger partial charge in [-0.25, -0.2) is 0 Å². The normalized spacial score (nSPS) is 21.7. The van der Waals surface area contributed by atoms with Gasteiger partial charge >= 0.3 is 0 Å². The van der Waals surface area contributed by atoms with E-state index in [0.29, 0.717) is 24.4 Å². The lowest BCUT2D eigenvalue weighted by molar-refractivity contribution is 0.121. The van der Waals surface area contributed by atoms with Crippen molar-refractivity contribution in [2.45, 2.75) is 70.4 Å². The van der Waals surface area contributed by atoms with Crippen molar-refractivity contribution in [3.05, 3.63) is 35.4 Å². The Bertz CT molecular complexity index is 621. The third-order valence-corrected chi connectivity index (χ3v) is 6.76. The summed E-state index contributed by atoms with van der Waals surface area (Å²) in [5, 5.41) is 7.27. The Morgan fingerprint density at radius 3 is 2.74 bits per heavy atom. The molecule has 0 heterocycles. The number of nitrogens with one attached hydrogen (secondary N) is 2. The van der Waals surface area contributed by atoms with E-state index in [0.717, 1.165) is 50.4 Å². The van der Waals surface area contributed by atoms with Gasteiger partial charge in [0, 0.05) is 48.0 Å². The van der Waals surface area contributed by atoms with Gasteiger partial charge in [0.1, 0.15) is 0 Å². The molecule has 1 aromatic rings. The number of guanidine groups is 1. The quantitative estimate of drug-likeness (QED) is 0.384. The summed E-state index contributed by atoms with van der Waals surface area (Å²) < 4.78 is 17.9. The number of nitrogens with zero attached hydrogens (tertiary/aromatic N) is 1. The molecule has 0 radical (unpaired) electrons. The molecule has 27 heavy (non-hydrogen) atoms. The molecule has 152 valence electrons. The molecule has 2 N–H and O–H groups in total. The van der Waals surface area contributed by atoms with Gasteiger partial charge in [0.15, 0.2) is 5.96 Å². The molecule has 1 aliphatic carbocycles. The Morgan fingerprint density at radius 2 is 2.04 bits per heavy atom. The van der Waals surface area contributed by atoms with Crippen molar-refractivity contribution < 1.29 is 8.95 Å². The van der Waals surface area contributed by atoms with Gasteiger partial charge < -0.3 is 15.4 Å². The molecule has 6 heteroatoms. The zero-order chi connectivity index (χ0) is 19.5. The molecule has 2 rings (SSSR count). The Hall–Kier alpha value is -1.40. The van der Waals surface area contributed by atoms with Crippen LogP contribution in [0.15, 0.2) is 29.3 Å². The first kappa shape index (κ1) is 21.9. The molecule has 5 nitrogen and oxygen atoms in total. The van der Waals surface area contributed by atoms with Gasteiger partial charge in [0.05, 0.1) is 6.61 Å². The molecule has 3 atom stereocenters. The number of hydrogen-bond acceptors (Lipinski definition) is 3. The highest BCUT2D eigenvalue weighted by molar-refractivity contribution is 7.85. The predicted molar refractivity (Wildman–Crippen MR) is 114 cm³/mol. The van der Waals surface area contributed by atoms with Crippen LogP contribution in [-0.2, 0) is 28.7 Å². The maximum atomic E-state index is 12.1. The van der Waals surface area contributed by atoms with Crippen LogP contribution in [0.3, 0.4) is 0 Å². The summed E-state index contributed by atoms with van der Waals surface area (Å²) in [4.78, 5) is 4.38. The van der Waals surface area contributed by atoms with E-state index in [-0.39, 0.29) is 0 Å². The molecule has 0 aliphatic heterocycles. The van der Waals surface area contributed by atoms with Gasteiger partial charge in [-0.3, -0.25) is 9.20 Å². The van der Waals surface area contributed by atoms with Gasteiger partial charge in [-0.05, 0) is 36.8 Å². The minimum absolute atomic E-state index is 0.316. The molecule has 1 fully saturated rings. The Labute approximate surface area is 166 Å². The first-order chi connectivity index (χ1) is 13.2. The Balaban J connectivity index is 1.88. The van der Waals surface area contributed by atoms with Crippen LogP contribution in [0.5, 0.6) is 0 Å². The fourth-order valence-corrected chi connectivity index (χ4v) is 4.86. The van der Waals surface area contributed by atoms with Gasteiger partial charge in [0.2, 0.25) is 0 Å². The summed E-state index contributed by atoms with van der Waals surface area (Å²) >= 11 is 0. The highest BCUT2D eigenvalue weighted by Crippen LogP contribution is 2.23. The van der Waals surface area contributed by atoms with Crippen LogP contribution in [0.25, 0.3) is 0 Å². The molecule has 0 spiro atoms. The van der Waals surface area contributed by atoms with Gasteiger partial charge in [0.25, 0.3) is 0 Å². The van der Waals surface area contributed by atoms with Gasteiger partial charge in [-0.15, -0.1) is 0 Å². The highest BCUT2D eigenvalue weighted by atomic mass is 32.2. The maximum absolute atomic E-state index is 12.1. The average molecular weight is 394 g/mol. The van der Waals surface area contributed by atoms with Crippen LogP contribution in [0, 0.1) is 0 Å². The maximum Gasteiger partial charge on any atom is 0.191 e. The monoisotopic (exact) mass is 393 g/mol. The first-order valence-corrected chi connectivity index (χ1v) is 11.5. The van der Waals surface area contributed by atoms with E-state index >= 15 is 0 Å². The Kier molecular flexibility index (Phi) is 9.84. The van der Waals surface area contributed by atoms with Gasteiger partial charge in [-0.2, -0.15) is 0 Å². The topological polar surface area (TPSA) is 62.7 Å². The van der Waals surface area contributed by atoms with Crippen LogP contribution in [0.1, 0.15) is 57.1 Å². The molecular formula is C21H35N3O2S. The zero-order valence-electron chi connectivity index (χ0n) is 17.0. The van der Waals surface area contributed by atoms with E-state index in [1.807, 2.05) is 6.92 Å². The largest absolute Gasteiger partial charge is 0.377 e. The number of rotatable bonds is 9. The summed E-state index contributed by atoms with van der Waals surface area (Å²) in [5.74, 6) is 1.56. The summed E-state index contributed by atoms with van der Waals surface area (Å²) in [6.07, 6.45) is 5.31. The minimum atomic E-state index is -0.706. The number of ether oxygens (including phenoxy) is 1. The SMILES string of the molecule is CCCOCc1ccccc1CNC(=NC)NC1CCCC(S(=O)CC)C1. The summed E-state index contributed by atoms with van der Waals surface area (Å²) in [5.41, 5.74) is 2.44. The Morgan fingerprint density at radius 1 is 1.26 bits per heavy atom. The predicted octanol–water partition coefficient (Wildman–Crippen LogP) is 3.36. The number of aliphatic imine (C=N–C) groups is 1. The molecule has 0 saturated heterocycles. The second kappa shape index (κ2) is 12.1. The second-order valence-corrected chi connectivity index (χ2v) is 9.05. The summed E-state index contributed by atoms with van der Waals surface area (Å²) in [6.45, 7) is 6.27. The third kappa shape index (κ3) is 7.26. The van der Waals surface area contributed by atoms with Crippen molar-refractivity contribution in [1.82, 2.24) is 10.6 Å². The van der Waals surface area contributed by atoms with E-state index in [4.69, 9.17) is 4.74 Å². The zero-order valence-corrected chi connectivity index (χ0v) is 17.8. The molecule has 0 amide bonds. The summed E-state index contributed by atoms with van der Waals surface area (Å²) in [6, 6.07) is 8.70. The average Bonchev–Trinajstić information content (AvgIpc) is 2.71. The van der Waals surface area contributed by atoms with Crippen molar-refractivity contribution in [2.24, 2.45) is 4.99 Å². The van der Waals surface area contributed by atoms with Crippen LogP contribution < -0.4 is 10.6 Å². The lowest BCUT2D eigenvalue weighted by Crippen LogP contribution is -2.46. The highest BCUT2D eigenvalue weighted by Gasteiger charge is 2.26. The van der Waals surface area contributed by atoms with Crippen molar-refractivity contribution in [2.75, 3.05) is 19.4 Å². The standard InChI is InChI=1S/C21H35N3O2S/c1-4-13-26-16-18-10-7-6-9-17(18)15-23-21(22-3)24-19-11-8-12-20(14-19)27(25)5-2/h6-7,9-10,19-20H,4-5,8,11-16H2,1-3H3,(H2,22,23,24). The minimum Gasteiger partial charge on any atom is -0.377 e. The lowest BCUT2D eigenvalue weighted by atomic mass is 9.95. The van der Waals surface area contributed by atoms with Gasteiger partial charge in [-0.1, -0.05) is 44.5 Å². The van der Waals surface area contributed by atoms with E-state index < -0.39 is 10.8 Å². The van der Waals surface area contributed by atoms with E-state index in [1.165, 1.54) is 11.1 Å². The molecule has 3 unspecified atom stereocenters. The molecule has 1 saturated carbocycles. The van der Waals surface area contributed by atoms with Crippen molar-refractivity contribution in [1.29, 1.82) is 0 Å². The van der Waals surface area contributed by atoms with E-state index in [2.05, 4.69) is 46.8 Å².